The highest BCUT2D eigenvalue weighted by Gasteiger charge is 2.12. The predicted molar refractivity (Wildman–Crippen MR) is 144 cm³/mol. The lowest BCUT2D eigenvalue weighted by atomic mass is 9.99. The lowest BCUT2D eigenvalue weighted by Crippen LogP contribution is -2.07. The maximum absolute atomic E-state index is 9.25. The number of nitriles is 2. The van der Waals surface area contributed by atoms with Crippen molar-refractivity contribution in [3.63, 3.8) is 0 Å². The first-order valence-corrected chi connectivity index (χ1v) is 11.4. The standard InChI is InChI=1S/C30H30N4O/c1-33(2)27-11-5-23(6-12-27)9-15-29-21-26(25(17-19-31)18-20-32)22-30(35-29)16-10-24-7-13-28(14-8-24)34(3)4/h5-16,21-22H,17-18H2,1-4H3. The molecule has 0 saturated carbocycles. The summed E-state index contributed by atoms with van der Waals surface area (Å²) < 4.78 is 6.12. The maximum atomic E-state index is 9.25. The van der Waals surface area contributed by atoms with Gasteiger partial charge in [0.2, 0.25) is 0 Å². The van der Waals surface area contributed by atoms with Crippen LogP contribution in [0.25, 0.3) is 12.2 Å². The van der Waals surface area contributed by atoms with Crippen LogP contribution < -0.4 is 9.80 Å². The highest BCUT2D eigenvalue weighted by molar-refractivity contribution is 5.61. The molecule has 0 N–H and O–H groups in total. The van der Waals surface area contributed by atoms with Gasteiger partial charge in [0.05, 0.1) is 25.0 Å². The average molecular weight is 463 g/mol. The monoisotopic (exact) mass is 462 g/mol. The Bertz CT molecular complexity index is 1160. The highest BCUT2D eigenvalue weighted by atomic mass is 16.5. The Morgan fingerprint density at radius 3 is 1.43 bits per heavy atom. The maximum Gasteiger partial charge on any atom is 0.128 e. The van der Waals surface area contributed by atoms with Crippen LogP contribution in [-0.2, 0) is 4.74 Å². The number of nitrogens with zero attached hydrogens (tertiary/aromatic N) is 4. The molecule has 5 nitrogen and oxygen atoms in total. The molecule has 3 rings (SSSR count). The molecule has 0 spiro atoms. The van der Waals surface area contributed by atoms with Crippen molar-refractivity contribution in [3.05, 3.63) is 107 Å². The van der Waals surface area contributed by atoms with Crippen molar-refractivity contribution in [2.75, 3.05) is 38.0 Å². The third kappa shape index (κ3) is 7.25. The molecule has 0 fully saturated rings. The molecule has 35 heavy (non-hydrogen) atoms. The predicted octanol–water partition coefficient (Wildman–Crippen LogP) is 6.47. The second kappa shape index (κ2) is 12.1. The Kier molecular flexibility index (Phi) is 8.70. The Morgan fingerprint density at radius 2 is 1.09 bits per heavy atom. The van der Waals surface area contributed by atoms with Gasteiger partial charge in [0, 0.05) is 39.6 Å². The first kappa shape index (κ1) is 25.1. The summed E-state index contributed by atoms with van der Waals surface area (Å²) in [4.78, 5) is 4.11. The van der Waals surface area contributed by atoms with Gasteiger partial charge in [-0.25, -0.2) is 0 Å². The minimum Gasteiger partial charge on any atom is -0.457 e. The average Bonchev–Trinajstić information content (AvgIpc) is 2.86. The van der Waals surface area contributed by atoms with Gasteiger partial charge in [-0.2, -0.15) is 10.5 Å². The van der Waals surface area contributed by atoms with Crippen LogP contribution in [0.5, 0.6) is 0 Å². The Morgan fingerprint density at radius 1 is 0.686 bits per heavy atom. The molecular formula is C30H30N4O. The third-order valence-electron chi connectivity index (χ3n) is 5.52. The molecule has 5 heteroatoms. The molecule has 1 heterocycles. The van der Waals surface area contributed by atoms with E-state index in [-0.39, 0.29) is 12.8 Å². The van der Waals surface area contributed by atoms with Gasteiger partial charge < -0.3 is 14.5 Å². The van der Waals surface area contributed by atoms with Gasteiger partial charge in [0.25, 0.3) is 0 Å². The molecule has 0 amide bonds. The zero-order valence-electron chi connectivity index (χ0n) is 20.7. The van der Waals surface area contributed by atoms with Crippen LogP contribution in [0.2, 0.25) is 0 Å². The second-order valence-electron chi connectivity index (χ2n) is 8.56. The summed E-state index contributed by atoms with van der Waals surface area (Å²) in [5, 5.41) is 18.5. The molecule has 0 saturated heterocycles. The number of rotatable bonds is 8. The molecule has 1 aliphatic rings. The number of allylic oxidation sites excluding steroid dienone is 6. The molecule has 2 aromatic carbocycles. The van der Waals surface area contributed by atoms with E-state index in [2.05, 4.69) is 70.5 Å². The normalized spacial score (nSPS) is 13.0. The Balaban J connectivity index is 1.89. The molecule has 0 bridgehead atoms. The van der Waals surface area contributed by atoms with Gasteiger partial charge in [-0.1, -0.05) is 36.4 Å². The van der Waals surface area contributed by atoms with Gasteiger partial charge in [0.1, 0.15) is 11.5 Å². The van der Waals surface area contributed by atoms with Crippen molar-refractivity contribution in [2.45, 2.75) is 12.8 Å². The molecular weight excluding hydrogens is 432 g/mol. The van der Waals surface area contributed by atoms with E-state index >= 15 is 0 Å². The first-order chi connectivity index (χ1) is 16.9. The van der Waals surface area contributed by atoms with Crippen molar-refractivity contribution in [2.24, 2.45) is 0 Å². The largest absolute Gasteiger partial charge is 0.457 e. The smallest absolute Gasteiger partial charge is 0.128 e. The first-order valence-electron chi connectivity index (χ1n) is 11.4. The highest BCUT2D eigenvalue weighted by Crippen LogP contribution is 2.27. The van der Waals surface area contributed by atoms with Crippen LogP contribution in [0.3, 0.4) is 0 Å². The van der Waals surface area contributed by atoms with Gasteiger partial charge >= 0.3 is 0 Å². The minimum atomic E-state index is 0.196. The van der Waals surface area contributed by atoms with E-state index in [0.29, 0.717) is 11.5 Å². The molecule has 2 aromatic rings. The van der Waals surface area contributed by atoms with E-state index in [9.17, 15) is 10.5 Å². The summed E-state index contributed by atoms with van der Waals surface area (Å²) >= 11 is 0. The lowest BCUT2D eigenvalue weighted by Gasteiger charge is -2.16. The van der Waals surface area contributed by atoms with Crippen LogP contribution >= 0.6 is 0 Å². The zero-order chi connectivity index (χ0) is 25.2. The summed E-state index contributed by atoms with van der Waals surface area (Å²) in [6, 6.07) is 20.8. The van der Waals surface area contributed by atoms with E-state index in [1.165, 1.54) is 0 Å². The van der Waals surface area contributed by atoms with E-state index in [1.54, 1.807) is 0 Å². The summed E-state index contributed by atoms with van der Waals surface area (Å²) in [5.41, 5.74) is 5.98. The van der Waals surface area contributed by atoms with E-state index in [1.807, 2.05) is 64.6 Å². The number of ether oxygens (including phenoxy) is 1. The van der Waals surface area contributed by atoms with Gasteiger partial charge in [-0.3, -0.25) is 0 Å². The van der Waals surface area contributed by atoms with Crippen molar-refractivity contribution in [3.8, 4) is 12.1 Å². The van der Waals surface area contributed by atoms with E-state index in [4.69, 9.17) is 4.74 Å². The molecule has 176 valence electrons. The van der Waals surface area contributed by atoms with Gasteiger partial charge in [-0.15, -0.1) is 0 Å². The number of benzene rings is 2. The van der Waals surface area contributed by atoms with Crippen LogP contribution in [0.4, 0.5) is 11.4 Å². The Hall–Kier alpha value is -4.48. The van der Waals surface area contributed by atoms with E-state index < -0.39 is 0 Å². The fraction of sp³-hybridized carbons (Fsp3) is 0.200. The fourth-order valence-electron chi connectivity index (χ4n) is 3.49. The van der Waals surface area contributed by atoms with Crippen molar-refractivity contribution in [1.29, 1.82) is 10.5 Å². The van der Waals surface area contributed by atoms with Crippen molar-refractivity contribution < 1.29 is 4.74 Å². The topological polar surface area (TPSA) is 63.3 Å². The summed E-state index contributed by atoms with van der Waals surface area (Å²) in [6.45, 7) is 0. The van der Waals surface area contributed by atoms with E-state index in [0.717, 1.165) is 33.6 Å². The van der Waals surface area contributed by atoms with Crippen LogP contribution in [0, 0.1) is 22.7 Å². The van der Waals surface area contributed by atoms with Crippen molar-refractivity contribution >= 4 is 23.5 Å². The molecule has 1 aliphatic heterocycles. The van der Waals surface area contributed by atoms with Crippen LogP contribution in [0.1, 0.15) is 24.0 Å². The minimum absolute atomic E-state index is 0.196. The Labute approximate surface area is 208 Å². The molecule has 0 radical (unpaired) electrons. The second-order valence-corrected chi connectivity index (χ2v) is 8.56. The number of hydrogen-bond donors (Lipinski definition) is 0. The summed E-state index contributed by atoms with van der Waals surface area (Å²) in [6.07, 6.45) is 12.0. The summed E-state index contributed by atoms with van der Waals surface area (Å²) in [7, 11) is 8.05. The quantitative estimate of drug-likeness (QED) is 0.450. The fourth-order valence-corrected chi connectivity index (χ4v) is 3.49. The number of anilines is 2. The van der Waals surface area contributed by atoms with Crippen LogP contribution in [-0.4, -0.2) is 28.2 Å². The molecule has 0 aromatic heterocycles. The van der Waals surface area contributed by atoms with Gasteiger partial charge in [0.15, 0.2) is 0 Å². The third-order valence-corrected chi connectivity index (χ3v) is 5.52. The molecule has 0 atom stereocenters. The lowest BCUT2D eigenvalue weighted by molar-refractivity contribution is 0.332. The number of hydrogen-bond acceptors (Lipinski definition) is 5. The summed E-state index contributed by atoms with van der Waals surface area (Å²) in [5.74, 6) is 1.30. The van der Waals surface area contributed by atoms with Crippen LogP contribution in [0.15, 0.2) is 95.5 Å². The zero-order valence-corrected chi connectivity index (χ0v) is 20.7. The van der Waals surface area contributed by atoms with Gasteiger partial charge in [-0.05, 0) is 70.8 Å². The molecule has 0 aliphatic carbocycles. The molecule has 0 unspecified atom stereocenters. The van der Waals surface area contributed by atoms with Crippen molar-refractivity contribution in [1.82, 2.24) is 0 Å². The SMILES string of the molecule is CN(C)c1ccc(C=CC2=CC(=C(CC#N)CC#N)C=C(C=Cc3ccc(N(C)C)cc3)O2)cc1.